The summed E-state index contributed by atoms with van der Waals surface area (Å²) < 4.78 is 0. The standard InChI is InChI=1S/C25H26N4S/c1-17-8-10-18(11-9-17)5-4-14-27-24-22-20-6-2-3-7-21(20)30-25(22)29-23(28-24)19-12-15-26-16-13-19/h8-13,15-16H,2-7,14H2,1H3,(H,27,28,29). The quantitative estimate of drug-likeness (QED) is 0.394. The molecule has 4 nitrogen and oxygen atoms in total. The van der Waals surface area contributed by atoms with Gasteiger partial charge in [-0.15, -0.1) is 11.3 Å². The fourth-order valence-corrected chi connectivity index (χ4v) is 5.43. The number of fused-ring (bicyclic) bond motifs is 3. The third-order valence-electron chi connectivity index (χ3n) is 5.81. The van der Waals surface area contributed by atoms with Crippen LogP contribution in [0.3, 0.4) is 0 Å². The second kappa shape index (κ2) is 8.52. The van der Waals surface area contributed by atoms with E-state index in [1.165, 1.54) is 46.2 Å². The van der Waals surface area contributed by atoms with E-state index in [0.29, 0.717) is 0 Å². The fraction of sp³-hybridized carbons (Fsp3) is 0.320. The molecule has 0 saturated carbocycles. The second-order valence-corrected chi connectivity index (χ2v) is 9.12. The van der Waals surface area contributed by atoms with Crippen molar-refractivity contribution in [2.45, 2.75) is 45.4 Å². The molecule has 5 heteroatoms. The number of hydrogen-bond acceptors (Lipinski definition) is 5. The highest BCUT2D eigenvalue weighted by molar-refractivity contribution is 7.19. The van der Waals surface area contributed by atoms with Crippen LogP contribution in [0.4, 0.5) is 5.82 Å². The molecule has 0 saturated heterocycles. The molecule has 1 aliphatic carbocycles. The largest absolute Gasteiger partial charge is 0.369 e. The summed E-state index contributed by atoms with van der Waals surface area (Å²) in [5, 5.41) is 4.91. The Balaban J connectivity index is 1.42. The van der Waals surface area contributed by atoms with Crippen LogP contribution in [0.5, 0.6) is 0 Å². The number of thiophene rings is 1. The monoisotopic (exact) mass is 414 g/mol. The first-order valence-electron chi connectivity index (χ1n) is 10.8. The minimum atomic E-state index is 0.782. The highest BCUT2D eigenvalue weighted by Gasteiger charge is 2.21. The molecule has 5 rings (SSSR count). The van der Waals surface area contributed by atoms with E-state index in [4.69, 9.17) is 9.97 Å². The van der Waals surface area contributed by atoms with Gasteiger partial charge in [-0.05, 0) is 68.7 Å². The smallest absolute Gasteiger partial charge is 0.163 e. The molecule has 0 radical (unpaired) electrons. The van der Waals surface area contributed by atoms with Crippen molar-refractivity contribution < 1.29 is 0 Å². The van der Waals surface area contributed by atoms with E-state index in [-0.39, 0.29) is 0 Å². The van der Waals surface area contributed by atoms with Gasteiger partial charge in [0.15, 0.2) is 5.82 Å². The summed E-state index contributed by atoms with van der Waals surface area (Å²) in [5.74, 6) is 1.78. The van der Waals surface area contributed by atoms with E-state index >= 15 is 0 Å². The molecule has 0 fully saturated rings. The van der Waals surface area contributed by atoms with Gasteiger partial charge >= 0.3 is 0 Å². The van der Waals surface area contributed by atoms with Gasteiger partial charge < -0.3 is 5.32 Å². The number of aromatic nitrogens is 3. The van der Waals surface area contributed by atoms with Crippen molar-refractivity contribution in [3.63, 3.8) is 0 Å². The predicted octanol–water partition coefficient (Wildman–Crippen LogP) is 5.99. The highest BCUT2D eigenvalue weighted by Crippen LogP contribution is 2.39. The lowest BCUT2D eigenvalue weighted by molar-refractivity contribution is 0.700. The van der Waals surface area contributed by atoms with E-state index in [2.05, 4.69) is 41.5 Å². The summed E-state index contributed by atoms with van der Waals surface area (Å²) in [7, 11) is 0. The first-order valence-corrected chi connectivity index (χ1v) is 11.6. The number of nitrogens with zero attached hydrogens (tertiary/aromatic N) is 3. The molecule has 30 heavy (non-hydrogen) atoms. The zero-order valence-electron chi connectivity index (χ0n) is 17.3. The van der Waals surface area contributed by atoms with Crippen molar-refractivity contribution in [1.82, 2.24) is 15.0 Å². The molecular weight excluding hydrogens is 388 g/mol. The van der Waals surface area contributed by atoms with Crippen molar-refractivity contribution in [1.29, 1.82) is 0 Å². The highest BCUT2D eigenvalue weighted by atomic mass is 32.1. The number of benzene rings is 1. The molecule has 0 amide bonds. The van der Waals surface area contributed by atoms with Crippen LogP contribution in [0.2, 0.25) is 0 Å². The number of hydrogen-bond donors (Lipinski definition) is 1. The normalized spacial score (nSPS) is 13.4. The fourth-order valence-electron chi connectivity index (χ4n) is 4.17. The van der Waals surface area contributed by atoms with Crippen molar-refractivity contribution in [2.24, 2.45) is 0 Å². The van der Waals surface area contributed by atoms with Crippen LogP contribution in [0.1, 0.15) is 40.8 Å². The molecule has 0 atom stereocenters. The third-order valence-corrected chi connectivity index (χ3v) is 6.99. The zero-order valence-corrected chi connectivity index (χ0v) is 18.1. The lowest BCUT2D eigenvalue weighted by atomic mass is 9.97. The Bertz CT molecular complexity index is 1150. The van der Waals surface area contributed by atoms with E-state index in [9.17, 15) is 0 Å². The summed E-state index contributed by atoms with van der Waals surface area (Å²) in [5.41, 5.74) is 5.19. The number of pyridine rings is 1. The maximum Gasteiger partial charge on any atom is 0.163 e. The molecule has 0 aliphatic heterocycles. The minimum absolute atomic E-state index is 0.782. The van der Waals surface area contributed by atoms with Gasteiger partial charge in [0.2, 0.25) is 0 Å². The van der Waals surface area contributed by atoms with Gasteiger partial charge in [-0.3, -0.25) is 4.98 Å². The van der Waals surface area contributed by atoms with Crippen molar-refractivity contribution >= 4 is 27.4 Å². The number of rotatable bonds is 6. The molecule has 3 heterocycles. The summed E-state index contributed by atoms with van der Waals surface area (Å²) in [4.78, 5) is 16.6. The van der Waals surface area contributed by atoms with Gasteiger partial charge in [-0.1, -0.05) is 29.8 Å². The van der Waals surface area contributed by atoms with Crippen molar-refractivity contribution in [2.75, 3.05) is 11.9 Å². The Morgan fingerprint density at radius 1 is 0.967 bits per heavy atom. The average molecular weight is 415 g/mol. The van der Waals surface area contributed by atoms with E-state index in [1.54, 1.807) is 12.4 Å². The molecular formula is C25H26N4S. The van der Waals surface area contributed by atoms with Gasteiger partial charge in [0.1, 0.15) is 10.6 Å². The Hall–Kier alpha value is -2.79. The molecule has 0 bridgehead atoms. The SMILES string of the molecule is Cc1ccc(CCCNc2nc(-c3ccncc3)nc3sc4c(c23)CCCC4)cc1. The molecule has 0 unspecified atom stereocenters. The molecule has 0 spiro atoms. The van der Waals surface area contributed by atoms with E-state index in [1.807, 2.05) is 23.5 Å². The number of aryl methyl sites for hydroxylation is 4. The lowest BCUT2D eigenvalue weighted by Gasteiger charge is -2.13. The molecule has 152 valence electrons. The van der Waals surface area contributed by atoms with Crippen molar-refractivity contribution in [3.8, 4) is 11.4 Å². The van der Waals surface area contributed by atoms with Crippen LogP contribution in [0, 0.1) is 6.92 Å². The van der Waals surface area contributed by atoms with Gasteiger partial charge in [-0.2, -0.15) is 0 Å². The maximum atomic E-state index is 4.96. The lowest BCUT2D eigenvalue weighted by Crippen LogP contribution is -2.08. The summed E-state index contributed by atoms with van der Waals surface area (Å²) in [6.45, 7) is 3.04. The zero-order chi connectivity index (χ0) is 20.3. The van der Waals surface area contributed by atoms with Gasteiger partial charge in [0, 0.05) is 29.4 Å². The van der Waals surface area contributed by atoms with Crippen LogP contribution >= 0.6 is 11.3 Å². The van der Waals surface area contributed by atoms with Gasteiger partial charge in [0.05, 0.1) is 5.39 Å². The Labute approximate surface area is 181 Å². The molecule has 1 N–H and O–H groups in total. The predicted molar refractivity (Wildman–Crippen MR) is 125 cm³/mol. The minimum Gasteiger partial charge on any atom is -0.369 e. The van der Waals surface area contributed by atoms with Crippen LogP contribution < -0.4 is 5.32 Å². The molecule has 3 aromatic heterocycles. The second-order valence-electron chi connectivity index (χ2n) is 8.04. The van der Waals surface area contributed by atoms with E-state index in [0.717, 1.165) is 47.8 Å². The summed E-state index contributed by atoms with van der Waals surface area (Å²) in [6.07, 6.45) is 10.6. The van der Waals surface area contributed by atoms with E-state index < -0.39 is 0 Å². The Morgan fingerprint density at radius 2 is 1.77 bits per heavy atom. The van der Waals surface area contributed by atoms with Crippen LogP contribution in [-0.4, -0.2) is 21.5 Å². The topological polar surface area (TPSA) is 50.7 Å². The molecule has 4 aromatic rings. The van der Waals surface area contributed by atoms with Crippen molar-refractivity contribution in [3.05, 3.63) is 70.4 Å². The Morgan fingerprint density at radius 3 is 2.60 bits per heavy atom. The number of anilines is 1. The number of nitrogens with one attached hydrogen (secondary N) is 1. The molecule has 1 aliphatic rings. The van der Waals surface area contributed by atoms with Crippen LogP contribution in [-0.2, 0) is 19.3 Å². The first-order chi connectivity index (χ1) is 14.8. The van der Waals surface area contributed by atoms with Crippen LogP contribution in [0.15, 0.2) is 48.8 Å². The Kier molecular flexibility index (Phi) is 5.45. The van der Waals surface area contributed by atoms with Gasteiger partial charge in [-0.25, -0.2) is 9.97 Å². The maximum absolute atomic E-state index is 4.96. The average Bonchev–Trinajstić information content (AvgIpc) is 3.17. The summed E-state index contributed by atoms with van der Waals surface area (Å²) >= 11 is 1.85. The first kappa shape index (κ1) is 19.2. The van der Waals surface area contributed by atoms with Crippen LogP contribution in [0.25, 0.3) is 21.6 Å². The summed E-state index contributed by atoms with van der Waals surface area (Å²) in [6, 6.07) is 12.8. The third kappa shape index (κ3) is 3.94. The molecule has 1 aromatic carbocycles. The van der Waals surface area contributed by atoms with Gasteiger partial charge in [0.25, 0.3) is 0 Å².